The van der Waals surface area contributed by atoms with Crippen LogP contribution in [-0.2, 0) is 0 Å². The van der Waals surface area contributed by atoms with Crippen molar-refractivity contribution in [2.24, 2.45) is 0 Å². The number of rotatable bonds is 8. The Balaban J connectivity index is 1.94. The van der Waals surface area contributed by atoms with Crippen LogP contribution in [0, 0.1) is 6.92 Å². The van der Waals surface area contributed by atoms with Crippen LogP contribution in [0.3, 0.4) is 0 Å². The first-order valence-electron chi connectivity index (χ1n) is 9.65. The number of halogens is 1. The van der Waals surface area contributed by atoms with Gasteiger partial charge in [0, 0.05) is 17.0 Å². The van der Waals surface area contributed by atoms with Crippen molar-refractivity contribution < 1.29 is 4.79 Å². The van der Waals surface area contributed by atoms with Gasteiger partial charge in [-0.05, 0) is 75.6 Å². The molecule has 1 heterocycles. The van der Waals surface area contributed by atoms with Crippen LogP contribution in [0.1, 0.15) is 29.3 Å². The topological polar surface area (TPSA) is 36.4 Å². The number of anilines is 1. The molecule has 0 saturated carbocycles. The summed E-state index contributed by atoms with van der Waals surface area (Å²) in [6.07, 6.45) is 0.866. The molecule has 4 nitrogen and oxygen atoms in total. The smallest absolute Gasteiger partial charge is 0.260 e. The van der Waals surface area contributed by atoms with E-state index < -0.39 is 0 Å². The van der Waals surface area contributed by atoms with Crippen molar-refractivity contribution in [1.29, 1.82) is 0 Å². The predicted molar refractivity (Wildman–Crippen MR) is 127 cm³/mol. The lowest BCUT2D eigenvalue weighted by Crippen LogP contribution is -2.33. The van der Waals surface area contributed by atoms with E-state index in [0.29, 0.717) is 22.3 Å². The maximum Gasteiger partial charge on any atom is 0.260 e. The summed E-state index contributed by atoms with van der Waals surface area (Å²) in [7, 11) is 4.08. The number of carbonyl (C=O) groups is 1. The number of nitrogens with zero attached hydrogens (tertiary/aromatic N) is 3. The average Bonchev–Trinajstić information content (AvgIpc) is 3.15. The maximum atomic E-state index is 13.4. The minimum Gasteiger partial charge on any atom is -0.309 e. The SMILES string of the molecule is CCSc1ccc(C(=O)N(CCCN(C)C)c2nc3c(C)ccc(Cl)c3s2)cc1. The lowest BCUT2D eigenvalue weighted by atomic mass is 10.2. The van der Waals surface area contributed by atoms with Crippen LogP contribution in [0.5, 0.6) is 0 Å². The largest absolute Gasteiger partial charge is 0.309 e. The minimum absolute atomic E-state index is 0.0235. The molecule has 0 saturated heterocycles. The van der Waals surface area contributed by atoms with Crippen LogP contribution in [0.25, 0.3) is 10.2 Å². The molecule has 0 aliphatic rings. The van der Waals surface area contributed by atoms with Gasteiger partial charge in [-0.3, -0.25) is 9.69 Å². The van der Waals surface area contributed by atoms with Gasteiger partial charge < -0.3 is 4.90 Å². The predicted octanol–water partition coefficient (Wildman–Crippen LogP) is 5.97. The third kappa shape index (κ3) is 5.31. The van der Waals surface area contributed by atoms with Gasteiger partial charge in [-0.1, -0.05) is 35.9 Å². The lowest BCUT2D eigenvalue weighted by molar-refractivity contribution is 0.0986. The van der Waals surface area contributed by atoms with E-state index in [2.05, 4.69) is 11.8 Å². The molecule has 7 heteroatoms. The van der Waals surface area contributed by atoms with E-state index >= 15 is 0 Å². The number of hydrogen-bond acceptors (Lipinski definition) is 5. The summed E-state index contributed by atoms with van der Waals surface area (Å²) in [5.41, 5.74) is 2.61. The zero-order valence-corrected chi connectivity index (χ0v) is 19.6. The summed E-state index contributed by atoms with van der Waals surface area (Å²) in [5.74, 6) is 0.986. The molecular weight excluding hydrogens is 422 g/mol. The molecule has 154 valence electrons. The Morgan fingerprint density at radius 1 is 1.14 bits per heavy atom. The molecular formula is C22H26ClN3OS2. The Morgan fingerprint density at radius 3 is 2.48 bits per heavy atom. The second-order valence-corrected chi connectivity index (χ2v) is 9.83. The highest BCUT2D eigenvalue weighted by atomic mass is 35.5. The molecule has 1 aromatic heterocycles. The highest BCUT2D eigenvalue weighted by molar-refractivity contribution is 7.99. The van der Waals surface area contributed by atoms with E-state index in [0.717, 1.165) is 34.5 Å². The second-order valence-electron chi connectivity index (χ2n) is 7.11. The highest BCUT2D eigenvalue weighted by Gasteiger charge is 2.22. The first-order chi connectivity index (χ1) is 13.9. The number of aryl methyl sites for hydroxylation is 1. The van der Waals surface area contributed by atoms with Crippen LogP contribution >= 0.6 is 34.7 Å². The fourth-order valence-corrected chi connectivity index (χ4v) is 5.05. The van der Waals surface area contributed by atoms with Crippen molar-refractivity contribution in [2.45, 2.75) is 25.2 Å². The zero-order chi connectivity index (χ0) is 21.0. The molecule has 0 aliphatic carbocycles. The van der Waals surface area contributed by atoms with Crippen molar-refractivity contribution in [3.8, 4) is 0 Å². The molecule has 0 unspecified atom stereocenters. The fraction of sp³-hybridized carbons (Fsp3) is 0.364. The van der Waals surface area contributed by atoms with E-state index in [9.17, 15) is 4.79 Å². The number of thioether (sulfide) groups is 1. The summed E-state index contributed by atoms with van der Waals surface area (Å²) in [6.45, 7) is 5.65. The minimum atomic E-state index is -0.0235. The van der Waals surface area contributed by atoms with Crippen LogP contribution < -0.4 is 4.90 Å². The second kappa shape index (κ2) is 9.94. The molecule has 0 bridgehead atoms. The number of aromatic nitrogens is 1. The molecule has 0 aliphatic heterocycles. The van der Waals surface area contributed by atoms with Crippen LogP contribution in [-0.4, -0.2) is 48.7 Å². The number of amides is 1. The van der Waals surface area contributed by atoms with Gasteiger partial charge in [0.25, 0.3) is 5.91 Å². The molecule has 2 aromatic carbocycles. The van der Waals surface area contributed by atoms with Gasteiger partial charge in [0.2, 0.25) is 0 Å². The Hall–Kier alpha value is -1.60. The number of fused-ring (bicyclic) bond motifs is 1. The van der Waals surface area contributed by atoms with E-state index in [1.54, 1.807) is 16.7 Å². The number of thiazole rings is 1. The van der Waals surface area contributed by atoms with E-state index in [1.165, 1.54) is 16.2 Å². The lowest BCUT2D eigenvalue weighted by Gasteiger charge is -2.21. The van der Waals surface area contributed by atoms with E-state index in [-0.39, 0.29) is 5.91 Å². The number of carbonyl (C=O) groups excluding carboxylic acids is 1. The van der Waals surface area contributed by atoms with Gasteiger partial charge in [-0.15, -0.1) is 11.8 Å². The van der Waals surface area contributed by atoms with Crippen LogP contribution in [0.2, 0.25) is 5.02 Å². The monoisotopic (exact) mass is 447 g/mol. The van der Waals surface area contributed by atoms with Crippen molar-refractivity contribution in [3.05, 3.63) is 52.5 Å². The average molecular weight is 448 g/mol. The summed E-state index contributed by atoms with van der Waals surface area (Å²) >= 11 is 9.65. The Labute approximate surface area is 185 Å². The van der Waals surface area contributed by atoms with Gasteiger partial charge in [0.05, 0.1) is 15.2 Å². The quantitative estimate of drug-likeness (QED) is 0.398. The summed E-state index contributed by atoms with van der Waals surface area (Å²) in [6, 6.07) is 11.7. The Bertz CT molecular complexity index is 947. The molecule has 0 radical (unpaired) electrons. The van der Waals surface area contributed by atoms with Crippen molar-refractivity contribution in [2.75, 3.05) is 37.8 Å². The number of benzene rings is 2. The molecule has 0 fully saturated rings. The third-order valence-corrected chi connectivity index (χ3v) is 6.99. The third-order valence-electron chi connectivity index (χ3n) is 4.56. The molecule has 0 atom stereocenters. The van der Waals surface area contributed by atoms with Gasteiger partial charge >= 0.3 is 0 Å². The van der Waals surface area contributed by atoms with Gasteiger partial charge in [0.1, 0.15) is 0 Å². The summed E-state index contributed by atoms with van der Waals surface area (Å²) in [4.78, 5) is 23.3. The number of hydrogen-bond donors (Lipinski definition) is 0. The normalized spacial score (nSPS) is 11.4. The van der Waals surface area contributed by atoms with Crippen LogP contribution in [0.4, 0.5) is 5.13 Å². The van der Waals surface area contributed by atoms with E-state index in [1.807, 2.05) is 57.4 Å². The first kappa shape index (κ1) is 22.1. The standard InChI is InChI=1S/C22H26ClN3OS2/c1-5-28-17-10-8-16(9-11-17)21(27)26(14-6-13-25(3)4)22-24-19-15(2)7-12-18(23)20(19)29-22/h7-12H,5-6,13-14H2,1-4H3. The maximum absolute atomic E-state index is 13.4. The van der Waals surface area contributed by atoms with Gasteiger partial charge in [-0.2, -0.15) is 0 Å². The van der Waals surface area contributed by atoms with Crippen molar-refractivity contribution in [3.63, 3.8) is 0 Å². The Morgan fingerprint density at radius 2 is 1.86 bits per heavy atom. The highest BCUT2D eigenvalue weighted by Crippen LogP contribution is 2.36. The van der Waals surface area contributed by atoms with Crippen molar-refractivity contribution >= 4 is 56.0 Å². The molecule has 3 rings (SSSR count). The van der Waals surface area contributed by atoms with Crippen molar-refractivity contribution in [1.82, 2.24) is 9.88 Å². The van der Waals surface area contributed by atoms with Gasteiger partial charge in [-0.25, -0.2) is 4.98 Å². The molecule has 29 heavy (non-hydrogen) atoms. The zero-order valence-electron chi connectivity index (χ0n) is 17.2. The molecule has 1 amide bonds. The molecule has 3 aromatic rings. The molecule has 0 N–H and O–H groups in total. The summed E-state index contributed by atoms with van der Waals surface area (Å²) in [5, 5.41) is 1.38. The molecule has 0 spiro atoms. The van der Waals surface area contributed by atoms with E-state index in [4.69, 9.17) is 16.6 Å². The first-order valence-corrected chi connectivity index (χ1v) is 11.8. The van der Waals surface area contributed by atoms with Gasteiger partial charge in [0.15, 0.2) is 5.13 Å². The van der Waals surface area contributed by atoms with Crippen LogP contribution in [0.15, 0.2) is 41.3 Å². The summed E-state index contributed by atoms with van der Waals surface area (Å²) < 4.78 is 0.932. The fourth-order valence-electron chi connectivity index (χ4n) is 3.05. The Kier molecular flexibility index (Phi) is 7.57.